The van der Waals surface area contributed by atoms with E-state index in [2.05, 4.69) is 36.2 Å². The quantitative estimate of drug-likeness (QED) is 0.396. The molecule has 3 aromatic rings. The summed E-state index contributed by atoms with van der Waals surface area (Å²) in [5.41, 5.74) is 2.18. The minimum absolute atomic E-state index is 0.277. The first-order chi connectivity index (χ1) is 14.6. The van der Waals surface area contributed by atoms with E-state index in [1.165, 1.54) is 5.56 Å². The fraction of sp³-hybridized carbons (Fsp3) is 0.435. The number of furan rings is 1. The number of hydrogen-bond donors (Lipinski definition) is 0. The van der Waals surface area contributed by atoms with Crippen molar-refractivity contribution in [1.29, 1.82) is 0 Å². The van der Waals surface area contributed by atoms with Crippen molar-refractivity contribution in [2.24, 2.45) is 5.92 Å². The summed E-state index contributed by atoms with van der Waals surface area (Å²) < 4.78 is 7.61. The normalized spacial score (nSPS) is 14.9. The molecule has 0 unspecified atom stereocenters. The number of piperidine rings is 1. The summed E-state index contributed by atoms with van der Waals surface area (Å²) in [5.74, 6) is 3.20. The van der Waals surface area contributed by atoms with Crippen LogP contribution in [0.25, 0.3) is 17.3 Å². The van der Waals surface area contributed by atoms with Gasteiger partial charge in [0.05, 0.1) is 12.0 Å². The third-order valence-electron chi connectivity index (χ3n) is 5.54. The van der Waals surface area contributed by atoms with Crippen LogP contribution in [0, 0.1) is 12.8 Å². The van der Waals surface area contributed by atoms with E-state index in [0.29, 0.717) is 18.0 Å². The van der Waals surface area contributed by atoms with E-state index >= 15 is 0 Å². The van der Waals surface area contributed by atoms with E-state index in [1.54, 1.807) is 18.0 Å². The summed E-state index contributed by atoms with van der Waals surface area (Å²) in [4.78, 5) is 14.5. The van der Waals surface area contributed by atoms with Gasteiger partial charge < -0.3 is 9.32 Å². The highest BCUT2D eigenvalue weighted by Gasteiger charge is 2.21. The van der Waals surface area contributed by atoms with Crippen LogP contribution >= 0.6 is 11.8 Å². The molecule has 1 saturated heterocycles. The molecule has 0 radical (unpaired) electrons. The SMILES string of the molecule is Cc1cccc(-n2c(SCCCC(=O)N3CCC(C)CC3)nnc2-c2ccco2)c1. The number of nitrogens with zero attached hydrogens (tertiary/aromatic N) is 4. The highest BCUT2D eigenvalue weighted by atomic mass is 32.2. The average Bonchev–Trinajstić information content (AvgIpc) is 3.41. The standard InChI is InChI=1S/C23H28N4O2S/c1-17-10-12-26(13-11-17)21(28)9-5-15-30-23-25-24-22(20-8-4-14-29-20)27(23)19-7-3-6-18(2)16-19/h3-4,6-8,14,16-17H,5,9-13,15H2,1-2H3. The van der Waals surface area contributed by atoms with E-state index in [-0.39, 0.29) is 5.91 Å². The van der Waals surface area contributed by atoms with E-state index < -0.39 is 0 Å². The van der Waals surface area contributed by atoms with Crippen LogP contribution in [0.2, 0.25) is 0 Å². The Bertz CT molecular complexity index is 975. The Labute approximate surface area is 181 Å². The number of rotatable bonds is 7. The molecule has 3 heterocycles. The lowest BCUT2D eigenvalue weighted by Crippen LogP contribution is -2.37. The van der Waals surface area contributed by atoms with Crippen LogP contribution in [0.3, 0.4) is 0 Å². The summed E-state index contributed by atoms with van der Waals surface area (Å²) in [6.45, 7) is 6.14. The number of aryl methyl sites for hydroxylation is 1. The number of carbonyl (C=O) groups excluding carboxylic acids is 1. The number of benzene rings is 1. The van der Waals surface area contributed by atoms with Crippen molar-refractivity contribution in [2.45, 2.75) is 44.7 Å². The molecule has 0 bridgehead atoms. The van der Waals surface area contributed by atoms with Gasteiger partial charge in [0.15, 0.2) is 10.9 Å². The molecule has 158 valence electrons. The van der Waals surface area contributed by atoms with Crippen LogP contribution in [-0.2, 0) is 4.79 Å². The Hall–Kier alpha value is -2.54. The van der Waals surface area contributed by atoms with Gasteiger partial charge in [-0.05, 0) is 61.9 Å². The number of likely N-dealkylation sites (tertiary alicyclic amines) is 1. The minimum Gasteiger partial charge on any atom is -0.461 e. The average molecular weight is 425 g/mol. The molecule has 1 fully saturated rings. The molecule has 6 nitrogen and oxygen atoms in total. The molecule has 0 atom stereocenters. The molecule has 1 aromatic carbocycles. The maximum Gasteiger partial charge on any atom is 0.222 e. The van der Waals surface area contributed by atoms with Gasteiger partial charge in [-0.2, -0.15) is 0 Å². The molecule has 1 aliphatic heterocycles. The van der Waals surface area contributed by atoms with Crippen LogP contribution < -0.4 is 0 Å². The van der Waals surface area contributed by atoms with Crippen molar-refractivity contribution < 1.29 is 9.21 Å². The van der Waals surface area contributed by atoms with Crippen molar-refractivity contribution in [3.8, 4) is 17.3 Å². The molecule has 7 heteroatoms. The maximum absolute atomic E-state index is 12.5. The second-order valence-corrected chi connectivity index (χ2v) is 9.04. The lowest BCUT2D eigenvalue weighted by molar-refractivity contribution is -0.132. The van der Waals surface area contributed by atoms with Crippen LogP contribution in [-0.4, -0.2) is 44.4 Å². The smallest absolute Gasteiger partial charge is 0.222 e. The zero-order valence-corrected chi connectivity index (χ0v) is 18.4. The fourth-order valence-corrected chi connectivity index (χ4v) is 4.62. The molecule has 2 aromatic heterocycles. The number of aromatic nitrogens is 3. The number of thioether (sulfide) groups is 1. The summed E-state index contributed by atoms with van der Waals surface area (Å²) in [6, 6.07) is 12.0. The Morgan fingerprint density at radius 3 is 2.77 bits per heavy atom. The molecule has 0 saturated carbocycles. The van der Waals surface area contributed by atoms with Gasteiger partial charge in [-0.1, -0.05) is 30.8 Å². The first kappa shape index (κ1) is 20.7. The molecule has 30 heavy (non-hydrogen) atoms. The third-order valence-corrected chi connectivity index (χ3v) is 6.55. The van der Waals surface area contributed by atoms with E-state index in [9.17, 15) is 4.79 Å². The van der Waals surface area contributed by atoms with Gasteiger partial charge in [0.25, 0.3) is 0 Å². The zero-order chi connectivity index (χ0) is 20.9. The van der Waals surface area contributed by atoms with Crippen LogP contribution in [0.15, 0.2) is 52.2 Å². The first-order valence-electron chi connectivity index (χ1n) is 10.6. The van der Waals surface area contributed by atoms with Gasteiger partial charge in [0, 0.05) is 25.3 Å². The van der Waals surface area contributed by atoms with Gasteiger partial charge in [0.2, 0.25) is 11.7 Å². The molecular formula is C23H28N4O2S. The monoisotopic (exact) mass is 424 g/mol. The highest BCUT2D eigenvalue weighted by Crippen LogP contribution is 2.29. The van der Waals surface area contributed by atoms with Gasteiger partial charge in [-0.15, -0.1) is 10.2 Å². The van der Waals surface area contributed by atoms with E-state index in [1.807, 2.05) is 33.7 Å². The maximum atomic E-state index is 12.5. The van der Waals surface area contributed by atoms with Crippen LogP contribution in [0.4, 0.5) is 0 Å². The third kappa shape index (κ3) is 4.78. The van der Waals surface area contributed by atoms with Crippen molar-refractivity contribution in [2.75, 3.05) is 18.8 Å². The van der Waals surface area contributed by atoms with Gasteiger partial charge in [-0.25, -0.2) is 0 Å². The fourth-order valence-electron chi connectivity index (χ4n) is 3.73. The van der Waals surface area contributed by atoms with Crippen molar-refractivity contribution in [3.05, 3.63) is 48.2 Å². The number of hydrogen-bond acceptors (Lipinski definition) is 5. The predicted octanol–water partition coefficient (Wildman–Crippen LogP) is 4.97. The Morgan fingerprint density at radius 1 is 1.20 bits per heavy atom. The summed E-state index contributed by atoms with van der Waals surface area (Å²) in [5, 5.41) is 9.61. The second-order valence-electron chi connectivity index (χ2n) is 7.97. The minimum atomic E-state index is 0.277. The van der Waals surface area contributed by atoms with E-state index in [4.69, 9.17) is 4.42 Å². The Kier molecular flexibility index (Phi) is 6.57. The zero-order valence-electron chi connectivity index (χ0n) is 17.6. The van der Waals surface area contributed by atoms with Crippen molar-refractivity contribution in [1.82, 2.24) is 19.7 Å². The van der Waals surface area contributed by atoms with Crippen molar-refractivity contribution in [3.63, 3.8) is 0 Å². The number of amides is 1. The van der Waals surface area contributed by atoms with Crippen LogP contribution in [0.5, 0.6) is 0 Å². The van der Waals surface area contributed by atoms with Crippen LogP contribution in [0.1, 0.15) is 38.2 Å². The molecular weight excluding hydrogens is 396 g/mol. The molecule has 0 N–H and O–H groups in total. The van der Waals surface area contributed by atoms with Crippen molar-refractivity contribution >= 4 is 17.7 Å². The lowest BCUT2D eigenvalue weighted by atomic mass is 9.99. The lowest BCUT2D eigenvalue weighted by Gasteiger charge is -2.30. The number of carbonyl (C=O) groups is 1. The predicted molar refractivity (Wildman–Crippen MR) is 119 cm³/mol. The topological polar surface area (TPSA) is 64.2 Å². The molecule has 4 rings (SSSR count). The molecule has 1 aliphatic rings. The Balaban J connectivity index is 1.42. The van der Waals surface area contributed by atoms with Gasteiger partial charge in [0.1, 0.15) is 0 Å². The molecule has 0 spiro atoms. The second kappa shape index (κ2) is 9.51. The first-order valence-corrected chi connectivity index (χ1v) is 11.6. The largest absolute Gasteiger partial charge is 0.461 e. The summed E-state index contributed by atoms with van der Waals surface area (Å²) >= 11 is 1.63. The molecule has 0 aliphatic carbocycles. The summed E-state index contributed by atoms with van der Waals surface area (Å²) in [7, 11) is 0. The Morgan fingerprint density at radius 2 is 2.03 bits per heavy atom. The summed E-state index contributed by atoms with van der Waals surface area (Å²) in [6.07, 6.45) is 5.30. The van der Waals surface area contributed by atoms with E-state index in [0.717, 1.165) is 54.9 Å². The molecule has 1 amide bonds. The highest BCUT2D eigenvalue weighted by molar-refractivity contribution is 7.99. The van der Waals surface area contributed by atoms with Gasteiger partial charge >= 0.3 is 0 Å². The van der Waals surface area contributed by atoms with Gasteiger partial charge in [-0.3, -0.25) is 9.36 Å².